The topological polar surface area (TPSA) is 82.7 Å². The molecule has 1 aliphatic heterocycles. The second kappa shape index (κ2) is 6.45. The minimum Gasteiger partial charge on any atom is -0.478 e. The number of fused-ring (bicyclic) bond motifs is 1. The van der Waals surface area contributed by atoms with Crippen LogP contribution >= 0.6 is 0 Å². The SMILES string of the molecule is CCOc1ccc(CN2CCc3nc(-c4cn[nH]c4)[nH]c3C2)cn1. The number of nitrogens with zero attached hydrogens (tertiary/aromatic N) is 4. The maximum atomic E-state index is 5.39. The van der Waals surface area contributed by atoms with Crippen LogP contribution in [0.4, 0.5) is 0 Å². The van der Waals surface area contributed by atoms with Gasteiger partial charge in [-0.2, -0.15) is 5.10 Å². The Morgan fingerprint density at radius 1 is 1.29 bits per heavy atom. The summed E-state index contributed by atoms with van der Waals surface area (Å²) in [6.45, 7) is 5.34. The van der Waals surface area contributed by atoms with Crippen LogP contribution in [0.5, 0.6) is 5.88 Å². The number of pyridine rings is 1. The van der Waals surface area contributed by atoms with E-state index >= 15 is 0 Å². The maximum absolute atomic E-state index is 5.39. The van der Waals surface area contributed by atoms with Gasteiger partial charge in [0, 0.05) is 44.5 Å². The lowest BCUT2D eigenvalue weighted by Gasteiger charge is -2.25. The van der Waals surface area contributed by atoms with E-state index in [1.54, 1.807) is 6.20 Å². The van der Waals surface area contributed by atoms with Crippen LogP contribution in [0.3, 0.4) is 0 Å². The van der Waals surface area contributed by atoms with Gasteiger partial charge in [0.15, 0.2) is 0 Å². The molecule has 0 saturated carbocycles. The van der Waals surface area contributed by atoms with Crippen molar-refractivity contribution < 1.29 is 4.74 Å². The number of hydrogen-bond acceptors (Lipinski definition) is 5. The fourth-order valence-corrected chi connectivity index (χ4v) is 3.00. The van der Waals surface area contributed by atoms with Gasteiger partial charge < -0.3 is 9.72 Å². The highest BCUT2D eigenvalue weighted by Gasteiger charge is 2.21. The Morgan fingerprint density at radius 2 is 2.25 bits per heavy atom. The first kappa shape index (κ1) is 14.9. The molecular formula is C17H20N6O. The lowest BCUT2D eigenvalue weighted by atomic mass is 10.1. The second-order valence-electron chi connectivity index (χ2n) is 5.90. The van der Waals surface area contributed by atoms with E-state index in [1.165, 1.54) is 11.3 Å². The number of H-pyrrole nitrogens is 2. The van der Waals surface area contributed by atoms with Crippen LogP contribution in [0.2, 0.25) is 0 Å². The quantitative estimate of drug-likeness (QED) is 0.751. The lowest BCUT2D eigenvalue weighted by Crippen LogP contribution is -2.30. The third-order valence-corrected chi connectivity index (χ3v) is 4.18. The fourth-order valence-electron chi connectivity index (χ4n) is 3.00. The number of imidazole rings is 1. The average Bonchev–Trinajstić information content (AvgIpc) is 3.25. The van der Waals surface area contributed by atoms with E-state index in [1.807, 2.05) is 25.4 Å². The number of nitrogens with one attached hydrogen (secondary N) is 2. The molecule has 4 rings (SSSR count). The smallest absolute Gasteiger partial charge is 0.213 e. The summed E-state index contributed by atoms with van der Waals surface area (Å²) in [6, 6.07) is 4.01. The van der Waals surface area contributed by atoms with Crippen molar-refractivity contribution in [1.29, 1.82) is 0 Å². The van der Waals surface area contributed by atoms with Crippen LogP contribution in [0, 0.1) is 0 Å². The predicted molar refractivity (Wildman–Crippen MR) is 89.4 cm³/mol. The Morgan fingerprint density at radius 3 is 3.00 bits per heavy atom. The van der Waals surface area contributed by atoms with Gasteiger partial charge in [-0.25, -0.2) is 9.97 Å². The number of aromatic amines is 2. The summed E-state index contributed by atoms with van der Waals surface area (Å²) in [5.41, 5.74) is 4.53. The van der Waals surface area contributed by atoms with Crippen LogP contribution in [0.25, 0.3) is 11.4 Å². The Labute approximate surface area is 140 Å². The summed E-state index contributed by atoms with van der Waals surface area (Å²) in [5.74, 6) is 1.57. The molecule has 0 fully saturated rings. The predicted octanol–water partition coefficient (Wildman–Crippen LogP) is 2.15. The second-order valence-corrected chi connectivity index (χ2v) is 5.90. The third-order valence-electron chi connectivity index (χ3n) is 4.18. The van der Waals surface area contributed by atoms with E-state index in [-0.39, 0.29) is 0 Å². The molecule has 0 bridgehead atoms. The maximum Gasteiger partial charge on any atom is 0.213 e. The van der Waals surface area contributed by atoms with Gasteiger partial charge in [0.1, 0.15) is 5.82 Å². The van der Waals surface area contributed by atoms with Crippen molar-refractivity contribution in [3.05, 3.63) is 47.7 Å². The zero-order valence-electron chi connectivity index (χ0n) is 13.6. The Balaban J connectivity index is 1.44. The van der Waals surface area contributed by atoms with Gasteiger partial charge >= 0.3 is 0 Å². The first-order valence-electron chi connectivity index (χ1n) is 8.19. The molecule has 0 unspecified atom stereocenters. The van der Waals surface area contributed by atoms with Gasteiger partial charge in [0.2, 0.25) is 5.88 Å². The van der Waals surface area contributed by atoms with Crippen LogP contribution in [0.1, 0.15) is 23.9 Å². The van der Waals surface area contributed by atoms with E-state index < -0.39 is 0 Å². The molecule has 0 atom stereocenters. The molecule has 7 heteroatoms. The molecule has 4 heterocycles. The van der Waals surface area contributed by atoms with Crippen molar-refractivity contribution in [2.75, 3.05) is 13.2 Å². The van der Waals surface area contributed by atoms with Gasteiger partial charge in [0.05, 0.1) is 29.8 Å². The van der Waals surface area contributed by atoms with Crippen LogP contribution in [0.15, 0.2) is 30.7 Å². The first-order chi connectivity index (χ1) is 11.8. The highest BCUT2D eigenvalue weighted by Crippen LogP contribution is 2.23. The minimum atomic E-state index is 0.639. The van der Waals surface area contributed by atoms with Crippen LogP contribution in [-0.2, 0) is 19.5 Å². The van der Waals surface area contributed by atoms with Crippen molar-refractivity contribution in [3.8, 4) is 17.3 Å². The Hall–Kier alpha value is -2.67. The van der Waals surface area contributed by atoms with E-state index in [4.69, 9.17) is 9.72 Å². The number of ether oxygens (including phenoxy) is 1. The molecule has 0 radical (unpaired) electrons. The van der Waals surface area contributed by atoms with Crippen molar-refractivity contribution in [2.45, 2.75) is 26.4 Å². The van der Waals surface area contributed by atoms with Crippen molar-refractivity contribution >= 4 is 0 Å². The van der Waals surface area contributed by atoms with E-state index in [9.17, 15) is 0 Å². The van der Waals surface area contributed by atoms with Crippen molar-refractivity contribution in [1.82, 2.24) is 30.0 Å². The molecule has 3 aromatic rings. The van der Waals surface area contributed by atoms with Crippen molar-refractivity contribution in [3.63, 3.8) is 0 Å². The van der Waals surface area contributed by atoms with E-state index in [2.05, 4.69) is 31.1 Å². The molecule has 7 nitrogen and oxygen atoms in total. The van der Waals surface area contributed by atoms with Gasteiger partial charge in [-0.15, -0.1) is 0 Å². The molecule has 124 valence electrons. The highest BCUT2D eigenvalue weighted by molar-refractivity contribution is 5.53. The standard InChI is InChI=1S/C17H20N6O/c1-2-24-16-4-3-12(7-18-16)10-23-6-5-14-15(11-23)22-17(21-14)13-8-19-20-9-13/h3-4,7-9H,2,5-6,10-11H2,1H3,(H,19,20)(H,21,22). The molecule has 0 saturated heterocycles. The molecule has 0 amide bonds. The molecule has 0 spiro atoms. The van der Waals surface area contributed by atoms with Gasteiger partial charge in [-0.3, -0.25) is 10.00 Å². The van der Waals surface area contributed by atoms with Gasteiger partial charge in [0.25, 0.3) is 0 Å². The molecule has 1 aliphatic rings. The van der Waals surface area contributed by atoms with E-state index in [0.29, 0.717) is 12.5 Å². The summed E-state index contributed by atoms with van der Waals surface area (Å²) in [5, 5.41) is 6.81. The summed E-state index contributed by atoms with van der Waals surface area (Å²) >= 11 is 0. The lowest BCUT2D eigenvalue weighted by molar-refractivity contribution is 0.241. The Bertz CT molecular complexity index is 793. The van der Waals surface area contributed by atoms with Crippen LogP contribution < -0.4 is 4.74 Å². The van der Waals surface area contributed by atoms with Crippen molar-refractivity contribution in [2.24, 2.45) is 0 Å². The largest absolute Gasteiger partial charge is 0.478 e. The Kier molecular flexibility index (Phi) is 4.00. The first-order valence-corrected chi connectivity index (χ1v) is 8.19. The zero-order valence-corrected chi connectivity index (χ0v) is 13.6. The normalized spacial score (nSPS) is 14.5. The molecule has 0 aliphatic carbocycles. The van der Waals surface area contributed by atoms with E-state index in [0.717, 1.165) is 43.1 Å². The average molecular weight is 324 g/mol. The number of aromatic nitrogens is 5. The fraction of sp³-hybridized carbons (Fsp3) is 0.353. The summed E-state index contributed by atoms with van der Waals surface area (Å²) in [4.78, 5) is 14.9. The summed E-state index contributed by atoms with van der Waals surface area (Å²) in [6.07, 6.45) is 6.49. The number of rotatable bonds is 5. The summed E-state index contributed by atoms with van der Waals surface area (Å²) in [7, 11) is 0. The minimum absolute atomic E-state index is 0.639. The molecular weight excluding hydrogens is 304 g/mol. The molecule has 0 aromatic carbocycles. The monoisotopic (exact) mass is 324 g/mol. The molecule has 24 heavy (non-hydrogen) atoms. The summed E-state index contributed by atoms with van der Waals surface area (Å²) < 4.78 is 5.39. The third kappa shape index (κ3) is 3.03. The van der Waals surface area contributed by atoms with Gasteiger partial charge in [-0.05, 0) is 12.5 Å². The number of hydrogen-bond donors (Lipinski definition) is 2. The molecule has 3 aromatic heterocycles. The molecule has 2 N–H and O–H groups in total. The zero-order chi connectivity index (χ0) is 16.4. The van der Waals surface area contributed by atoms with Gasteiger partial charge in [-0.1, -0.05) is 6.07 Å². The highest BCUT2D eigenvalue weighted by atomic mass is 16.5. The van der Waals surface area contributed by atoms with Crippen LogP contribution in [-0.4, -0.2) is 43.2 Å².